The Balaban J connectivity index is 2.20. The number of nitrogens with one attached hydrogen (secondary N) is 1. The maximum Gasteiger partial charge on any atom is 0.433 e. The molecule has 1 aromatic heterocycles. The molecule has 6 heteroatoms. The molecule has 6 nitrogen and oxygen atoms in total. The maximum absolute atomic E-state index is 10.8. The highest BCUT2D eigenvalue weighted by Gasteiger charge is 2.32. The van der Waals surface area contributed by atoms with Crippen molar-refractivity contribution in [1.82, 2.24) is 10.2 Å². The first-order chi connectivity index (χ1) is 9.99. The number of furan rings is 1. The summed E-state index contributed by atoms with van der Waals surface area (Å²) >= 11 is 0. The molecule has 1 aliphatic heterocycles. The molecule has 2 unspecified atom stereocenters. The van der Waals surface area contributed by atoms with Crippen LogP contribution >= 0.6 is 0 Å². The summed E-state index contributed by atoms with van der Waals surface area (Å²) in [6, 6.07) is 3.76. The first-order valence-corrected chi connectivity index (χ1v) is 7.66. The SMILES string of the molecule is CC(C)NCC1CCCCN(C)C1c1ccc([N+](=O)[O-])o1. The van der Waals surface area contributed by atoms with E-state index >= 15 is 0 Å². The van der Waals surface area contributed by atoms with E-state index < -0.39 is 4.92 Å². The van der Waals surface area contributed by atoms with Crippen LogP contribution in [-0.2, 0) is 0 Å². The van der Waals surface area contributed by atoms with E-state index in [4.69, 9.17) is 4.42 Å². The van der Waals surface area contributed by atoms with Crippen LogP contribution in [0.4, 0.5) is 5.88 Å². The molecule has 0 aromatic carbocycles. The Bertz CT molecular complexity index is 472. The molecule has 118 valence electrons. The van der Waals surface area contributed by atoms with Crippen LogP contribution < -0.4 is 5.32 Å². The predicted molar refractivity (Wildman–Crippen MR) is 81.2 cm³/mol. The van der Waals surface area contributed by atoms with Crippen molar-refractivity contribution in [3.8, 4) is 0 Å². The van der Waals surface area contributed by atoms with Gasteiger partial charge in [0, 0.05) is 12.6 Å². The monoisotopic (exact) mass is 295 g/mol. The van der Waals surface area contributed by atoms with Gasteiger partial charge in [0.2, 0.25) is 0 Å². The fourth-order valence-electron chi connectivity index (χ4n) is 3.07. The van der Waals surface area contributed by atoms with Crippen molar-refractivity contribution in [2.24, 2.45) is 5.92 Å². The molecule has 1 fully saturated rings. The molecule has 0 bridgehead atoms. The summed E-state index contributed by atoms with van der Waals surface area (Å²) in [5.41, 5.74) is 0. The van der Waals surface area contributed by atoms with Crippen molar-refractivity contribution in [3.05, 3.63) is 28.0 Å². The molecule has 0 saturated carbocycles. The van der Waals surface area contributed by atoms with E-state index in [0.717, 1.165) is 25.9 Å². The van der Waals surface area contributed by atoms with Crippen LogP contribution in [-0.4, -0.2) is 36.0 Å². The molecular formula is C15H25N3O3. The van der Waals surface area contributed by atoms with Gasteiger partial charge < -0.3 is 9.73 Å². The van der Waals surface area contributed by atoms with Crippen LogP contribution in [0.1, 0.15) is 44.9 Å². The van der Waals surface area contributed by atoms with Crippen LogP contribution in [0.2, 0.25) is 0 Å². The quantitative estimate of drug-likeness (QED) is 0.668. The number of rotatable bonds is 5. The van der Waals surface area contributed by atoms with E-state index in [2.05, 4.69) is 31.1 Å². The average molecular weight is 295 g/mol. The van der Waals surface area contributed by atoms with Crippen molar-refractivity contribution in [3.63, 3.8) is 0 Å². The third-order valence-electron chi connectivity index (χ3n) is 4.13. The summed E-state index contributed by atoms with van der Waals surface area (Å²) in [6.45, 7) is 6.17. The average Bonchev–Trinajstić information content (AvgIpc) is 2.82. The summed E-state index contributed by atoms with van der Waals surface area (Å²) in [4.78, 5) is 12.6. The zero-order valence-corrected chi connectivity index (χ0v) is 13.0. The van der Waals surface area contributed by atoms with Crippen molar-refractivity contribution >= 4 is 5.88 Å². The molecule has 2 atom stereocenters. The van der Waals surface area contributed by atoms with Gasteiger partial charge in [-0.3, -0.25) is 15.0 Å². The number of nitrogens with zero attached hydrogens (tertiary/aromatic N) is 2. The minimum Gasteiger partial charge on any atom is -0.404 e. The lowest BCUT2D eigenvalue weighted by Gasteiger charge is -2.31. The zero-order valence-electron chi connectivity index (χ0n) is 13.0. The molecule has 0 radical (unpaired) electrons. The minimum atomic E-state index is -0.471. The summed E-state index contributed by atoms with van der Waals surface area (Å²) in [6.07, 6.45) is 3.46. The van der Waals surface area contributed by atoms with Gasteiger partial charge in [-0.2, -0.15) is 0 Å². The summed E-state index contributed by atoms with van der Waals surface area (Å²) < 4.78 is 5.48. The highest BCUT2D eigenvalue weighted by atomic mass is 16.6. The van der Waals surface area contributed by atoms with E-state index in [1.807, 2.05) is 0 Å². The minimum absolute atomic E-state index is 0.104. The topological polar surface area (TPSA) is 71.5 Å². The van der Waals surface area contributed by atoms with Crippen LogP contribution in [0, 0.1) is 16.0 Å². The Morgan fingerprint density at radius 2 is 2.24 bits per heavy atom. The number of likely N-dealkylation sites (tertiary alicyclic amines) is 1. The van der Waals surface area contributed by atoms with Gasteiger partial charge in [0.1, 0.15) is 10.7 Å². The molecule has 1 saturated heterocycles. The molecule has 0 amide bonds. The van der Waals surface area contributed by atoms with Crippen molar-refractivity contribution in [1.29, 1.82) is 0 Å². The van der Waals surface area contributed by atoms with Gasteiger partial charge in [-0.05, 0) is 38.4 Å². The molecule has 2 rings (SSSR count). The fourth-order valence-corrected chi connectivity index (χ4v) is 3.07. The van der Waals surface area contributed by atoms with Crippen LogP contribution in [0.5, 0.6) is 0 Å². The third-order valence-corrected chi connectivity index (χ3v) is 4.13. The molecule has 2 heterocycles. The first kappa shape index (κ1) is 16.0. The second-order valence-corrected chi connectivity index (χ2v) is 6.18. The number of hydrogen-bond acceptors (Lipinski definition) is 5. The lowest BCUT2D eigenvalue weighted by atomic mass is 9.92. The first-order valence-electron chi connectivity index (χ1n) is 7.66. The highest BCUT2D eigenvalue weighted by Crippen LogP contribution is 2.36. The Kier molecular flexibility index (Phi) is 5.36. The molecule has 0 spiro atoms. The van der Waals surface area contributed by atoms with Gasteiger partial charge in [0.15, 0.2) is 0 Å². The molecule has 1 aliphatic rings. The molecule has 0 aliphatic carbocycles. The van der Waals surface area contributed by atoms with E-state index in [1.165, 1.54) is 12.5 Å². The van der Waals surface area contributed by atoms with Gasteiger partial charge >= 0.3 is 5.88 Å². The number of nitro groups is 1. The van der Waals surface area contributed by atoms with E-state index in [9.17, 15) is 10.1 Å². The van der Waals surface area contributed by atoms with Gasteiger partial charge in [-0.25, -0.2) is 0 Å². The van der Waals surface area contributed by atoms with Crippen molar-refractivity contribution in [2.75, 3.05) is 20.1 Å². The van der Waals surface area contributed by atoms with Gasteiger partial charge in [-0.15, -0.1) is 0 Å². The van der Waals surface area contributed by atoms with Gasteiger partial charge in [-0.1, -0.05) is 20.3 Å². The van der Waals surface area contributed by atoms with Crippen LogP contribution in [0.25, 0.3) is 0 Å². The lowest BCUT2D eigenvalue weighted by Crippen LogP contribution is -2.36. The second-order valence-electron chi connectivity index (χ2n) is 6.18. The van der Waals surface area contributed by atoms with E-state index in [1.54, 1.807) is 6.07 Å². The van der Waals surface area contributed by atoms with Crippen molar-refractivity contribution < 1.29 is 9.34 Å². The van der Waals surface area contributed by atoms with Gasteiger partial charge in [0.25, 0.3) is 0 Å². The van der Waals surface area contributed by atoms with E-state index in [-0.39, 0.29) is 11.9 Å². The van der Waals surface area contributed by atoms with Crippen molar-refractivity contribution in [2.45, 2.75) is 45.2 Å². The highest BCUT2D eigenvalue weighted by molar-refractivity contribution is 5.20. The van der Waals surface area contributed by atoms with Crippen LogP contribution in [0.15, 0.2) is 16.5 Å². The Morgan fingerprint density at radius 3 is 2.86 bits per heavy atom. The smallest absolute Gasteiger partial charge is 0.404 e. The van der Waals surface area contributed by atoms with Gasteiger partial charge in [0.05, 0.1) is 12.1 Å². The Labute approximate surface area is 125 Å². The number of hydrogen-bond donors (Lipinski definition) is 1. The normalized spacial score (nSPS) is 24.2. The summed E-state index contributed by atoms with van der Waals surface area (Å²) in [7, 11) is 2.08. The third kappa shape index (κ3) is 4.04. The van der Waals surface area contributed by atoms with E-state index in [0.29, 0.717) is 17.7 Å². The molecular weight excluding hydrogens is 270 g/mol. The predicted octanol–water partition coefficient (Wildman–Crippen LogP) is 2.96. The lowest BCUT2D eigenvalue weighted by molar-refractivity contribution is -0.402. The standard InChI is InChI=1S/C15H25N3O3/c1-11(2)16-10-12-6-4-5-9-17(3)15(12)13-7-8-14(21-13)18(19)20/h7-8,11-12,15-16H,4-6,9-10H2,1-3H3. The molecule has 1 N–H and O–H groups in total. The summed E-state index contributed by atoms with van der Waals surface area (Å²) in [5.74, 6) is 0.950. The molecule has 21 heavy (non-hydrogen) atoms. The maximum atomic E-state index is 10.8. The zero-order chi connectivity index (χ0) is 15.4. The Hall–Kier alpha value is -1.40. The largest absolute Gasteiger partial charge is 0.433 e. The fraction of sp³-hybridized carbons (Fsp3) is 0.733. The van der Waals surface area contributed by atoms with Crippen LogP contribution in [0.3, 0.4) is 0 Å². The summed E-state index contributed by atoms with van der Waals surface area (Å²) in [5, 5.41) is 14.3. The Morgan fingerprint density at radius 1 is 1.48 bits per heavy atom. The second kappa shape index (κ2) is 7.04. The molecule has 1 aromatic rings.